The maximum absolute atomic E-state index is 14.7. The molecule has 0 amide bonds. The number of hydrazone groups is 1. The average Bonchev–Trinajstić information content (AvgIpc) is 3.41. The molecular weight excluding hydrogens is 506 g/mol. The molecule has 10 heteroatoms. The van der Waals surface area contributed by atoms with Gasteiger partial charge in [0.1, 0.15) is 17.3 Å². The lowest BCUT2D eigenvalue weighted by molar-refractivity contribution is 0.0246. The average molecular weight is 531 g/mol. The number of halogens is 3. The third-order valence-corrected chi connectivity index (χ3v) is 7.50. The Kier molecular flexibility index (Phi) is 6.50. The molecular formula is C26H25Cl2FN4O3. The van der Waals surface area contributed by atoms with Gasteiger partial charge in [0.05, 0.1) is 28.3 Å². The molecule has 1 aliphatic carbocycles. The second-order valence-electron chi connectivity index (χ2n) is 9.27. The minimum absolute atomic E-state index is 0.0780. The number of aromatic nitrogens is 1. The van der Waals surface area contributed by atoms with Crippen molar-refractivity contribution in [2.45, 2.75) is 44.3 Å². The van der Waals surface area contributed by atoms with Crippen LogP contribution in [0, 0.1) is 5.82 Å². The molecule has 6 rings (SSSR count). The molecule has 3 aromatic rings. The van der Waals surface area contributed by atoms with Gasteiger partial charge in [-0.2, -0.15) is 0 Å². The van der Waals surface area contributed by atoms with Crippen molar-refractivity contribution in [1.29, 1.82) is 0 Å². The standard InChI is InChI=1S/C26H25Cl2FN4O3/c27-20-2-1-3-21(28)23(20)24-19(25(36-32-24)15-4-5-15)13-34-17-8-10-33(11-9-17)16-6-7-18(22(29)12-16)26-31-30-14-35-26/h1-3,6-7,12,15,17,30H,4-5,8-11,13-14H2. The van der Waals surface area contributed by atoms with Crippen molar-refractivity contribution in [3.05, 3.63) is 69.1 Å². The first kappa shape index (κ1) is 23.6. The van der Waals surface area contributed by atoms with Gasteiger partial charge < -0.3 is 18.9 Å². The first-order valence-electron chi connectivity index (χ1n) is 12.1. The number of nitrogens with one attached hydrogen (secondary N) is 1. The van der Waals surface area contributed by atoms with E-state index in [-0.39, 0.29) is 24.5 Å². The Labute approximate surface area is 218 Å². The molecule has 1 aromatic heterocycles. The van der Waals surface area contributed by atoms with Crippen LogP contribution in [-0.2, 0) is 16.1 Å². The normalized spacial score (nSPS) is 18.2. The molecule has 0 unspecified atom stereocenters. The lowest BCUT2D eigenvalue weighted by Crippen LogP contribution is -2.37. The molecule has 1 saturated carbocycles. The van der Waals surface area contributed by atoms with Crippen molar-refractivity contribution in [3.63, 3.8) is 0 Å². The third-order valence-electron chi connectivity index (χ3n) is 6.87. The van der Waals surface area contributed by atoms with E-state index in [2.05, 4.69) is 20.6 Å². The van der Waals surface area contributed by atoms with Gasteiger partial charge in [-0.1, -0.05) is 34.4 Å². The maximum atomic E-state index is 14.7. The third kappa shape index (κ3) is 4.65. The first-order valence-corrected chi connectivity index (χ1v) is 12.9. The van der Waals surface area contributed by atoms with Crippen LogP contribution in [0.25, 0.3) is 11.3 Å². The summed E-state index contributed by atoms with van der Waals surface area (Å²) in [5.41, 5.74) is 6.15. The molecule has 0 spiro atoms. The van der Waals surface area contributed by atoms with Crippen LogP contribution >= 0.6 is 23.2 Å². The zero-order valence-corrected chi connectivity index (χ0v) is 21.0. The molecule has 0 atom stereocenters. The molecule has 2 aromatic carbocycles. The fraction of sp³-hybridized carbons (Fsp3) is 0.385. The summed E-state index contributed by atoms with van der Waals surface area (Å²) >= 11 is 12.9. The highest BCUT2D eigenvalue weighted by Crippen LogP contribution is 2.46. The Morgan fingerprint density at radius 2 is 1.86 bits per heavy atom. The fourth-order valence-electron chi connectivity index (χ4n) is 4.78. The SMILES string of the molecule is Fc1cc(N2CCC(OCc3c(-c4c(Cl)cccc4Cl)noc3C3CC3)CC2)ccc1C1=NNCO1. The lowest BCUT2D eigenvalue weighted by Gasteiger charge is -2.33. The van der Waals surface area contributed by atoms with E-state index in [0.717, 1.165) is 55.8 Å². The Morgan fingerprint density at radius 3 is 2.53 bits per heavy atom. The minimum Gasteiger partial charge on any atom is -0.453 e. The Hall–Kier alpha value is -2.81. The number of ether oxygens (including phenoxy) is 2. The maximum Gasteiger partial charge on any atom is 0.242 e. The van der Waals surface area contributed by atoms with E-state index < -0.39 is 0 Å². The van der Waals surface area contributed by atoms with Crippen LogP contribution in [0.2, 0.25) is 10.0 Å². The van der Waals surface area contributed by atoms with Gasteiger partial charge in [0.25, 0.3) is 0 Å². The van der Waals surface area contributed by atoms with Crippen LogP contribution in [0.5, 0.6) is 0 Å². The summed E-state index contributed by atoms with van der Waals surface area (Å²) in [4.78, 5) is 2.17. The highest BCUT2D eigenvalue weighted by Gasteiger charge is 2.34. The van der Waals surface area contributed by atoms with E-state index in [1.807, 2.05) is 12.1 Å². The van der Waals surface area contributed by atoms with Crippen LogP contribution in [0.1, 0.15) is 48.5 Å². The number of hydrogen-bond acceptors (Lipinski definition) is 7. The molecule has 0 radical (unpaired) electrons. The van der Waals surface area contributed by atoms with Crippen LogP contribution in [0.4, 0.5) is 10.1 Å². The van der Waals surface area contributed by atoms with Gasteiger partial charge >= 0.3 is 0 Å². The topological polar surface area (TPSA) is 72.1 Å². The summed E-state index contributed by atoms with van der Waals surface area (Å²) in [6.45, 7) is 2.18. The fourth-order valence-corrected chi connectivity index (χ4v) is 5.36. The van der Waals surface area contributed by atoms with E-state index in [9.17, 15) is 4.39 Å². The van der Waals surface area contributed by atoms with Crippen molar-refractivity contribution in [2.75, 3.05) is 24.7 Å². The van der Waals surface area contributed by atoms with E-state index in [4.69, 9.17) is 37.2 Å². The summed E-state index contributed by atoms with van der Waals surface area (Å²) < 4.78 is 32.1. The smallest absolute Gasteiger partial charge is 0.242 e. The van der Waals surface area contributed by atoms with E-state index in [1.165, 1.54) is 0 Å². The molecule has 1 N–H and O–H groups in total. The number of hydrogen-bond donors (Lipinski definition) is 1. The van der Waals surface area contributed by atoms with Crippen LogP contribution in [0.15, 0.2) is 46.0 Å². The van der Waals surface area contributed by atoms with Gasteiger partial charge in [-0.3, -0.25) is 5.43 Å². The molecule has 3 aliphatic rings. The van der Waals surface area contributed by atoms with Crippen LogP contribution < -0.4 is 10.3 Å². The van der Waals surface area contributed by atoms with Crippen molar-refractivity contribution >= 4 is 34.8 Å². The molecule has 2 aliphatic heterocycles. The number of piperidine rings is 1. The van der Waals surface area contributed by atoms with Gasteiger partial charge in [-0.25, -0.2) is 4.39 Å². The zero-order chi connectivity index (χ0) is 24.6. The quantitative estimate of drug-likeness (QED) is 0.398. The summed E-state index contributed by atoms with van der Waals surface area (Å²) in [5, 5.41) is 9.38. The summed E-state index contributed by atoms with van der Waals surface area (Å²) in [7, 11) is 0. The highest BCUT2D eigenvalue weighted by molar-refractivity contribution is 6.39. The van der Waals surface area contributed by atoms with Crippen LogP contribution in [-0.4, -0.2) is 37.0 Å². The van der Waals surface area contributed by atoms with Crippen LogP contribution in [0.3, 0.4) is 0 Å². The minimum atomic E-state index is -0.348. The number of nitrogens with zero attached hydrogens (tertiary/aromatic N) is 3. The summed E-state index contributed by atoms with van der Waals surface area (Å²) in [6, 6.07) is 10.6. The second-order valence-corrected chi connectivity index (χ2v) is 10.1. The van der Waals surface area contributed by atoms with Gasteiger partial charge in [0.2, 0.25) is 5.90 Å². The van der Waals surface area contributed by atoms with Crippen molar-refractivity contribution in [1.82, 2.24) is 10.6 Å². The molecule has 7 nitrogen and oxygen atoms in total. The van der Waals surface area contributed by atoms with Gasteiger partial charge in [-0.15, -0.1) is 5.10 Å². The second kappa shape index (κ2) is 9.92. The van der Waals surface area contributed by atoms with E-state index >= 15 is 0 Å². The Balaban J connectivity index is 1.12. The van der Waals surface area contributed by atoms with Gasteiger partial charge in [0.15, 0.2) is 6.73 Å². The molecule has 2 fully saturated rings. The molecule has 188 valence electrons. The van der Waals surface area contributed by atoms with Gasteiger partial charge in [0, 0.05) is 35.8 Å². The molecule has 1 saturated heterocycles. The monoisotopic (exact) mass is 530 g/mol. The molecule has 3 heterocycles. The zero-order valence-electron chi connectivity index (χ0n) is 19.5. The summed E-state index contributed by atoms with van der Waals surface area (Å²) in [6.07, 6.45) is 3.91. The first-order chi connectivity index (χ1) is 17.6. The Bertz CT molecular complexity index is 1280. The van der Waals surface area contributed by atoms with Gasteiger partial charge in [-0.05, 0) is 56.0 Å². The van der Waals surface area contributed by atoms with Crippen molar-refractivity contribution in [2.24, 2.45) is 5.10 Å². The molecule has 36 heavy (non-hydrogen) atoms. The number of benzene rings is 2. The number of anilines is 1. The van der Waals surface area contributed by atoms with E-state index in [0.29, 0.717) is 39.4 Å². The van der Waals surface area contributed by atoms with Crippen molar-refractivity contribution in [3.8, 4) is 11.3 Å². The highest BCUT2D eigenvalue weighted by atomic mass is 35.5. The predicted molar refractivity (Wildman–Crippen MR) is 136 cm³/mol. The Morgan fingerprint density at radius 1 is 1.08 bits per heavy atom. The van der Waals surface area contributed by atoms with E-state index in [1.54, 1.807) is 24.3 Å². The largest absolute Gasteiger partial charge is 0.453 e. The predicted octanol–water partition coefficient (Wildman–Crippen LogP) is 6.09. The molecule has 0 bridgehead atoms. The number of rotatable bonds is 7. The van der Waals surface area contributed by atoms with Crippen molar-refractivity contribution < 1.29 is 18.4 Å². The lowest BCUT2D eigenvalue weighted by atomic mass is 10.0. The summed E-state index contributed by atoms with van der Waals surface area (Å²) in [5.74, 6) is 1.18.